The van der Waals surface area contributed by atoms with Gasteiger partial charge >= 0.3 is 27.3 Å². The summed E-state index contributed by atoms with van der Waals surface area (Å²) in [6, 6.07) is 0.664. The van der Waals surface area contributed by atoms with Crippen LogP contribution in [-0.4, -0.2) is 38.4 Å². The molecule has 20 heavy (non-hydrogen) atoms. The van der Waals surface area contributed by atoms with Crippen LogP contribution in [0.1, 0.15) is 20.8 Å². The van der Waals surface area contributed by atoms with Crippen molar-refractivity contribution in [2.45, 2.75) is 50.1 Å². The van der Waals surface area contributed by atoms with Gasteiger partial charge in [0.05, 0.1) is 0 Å². The summed E-state index contributed by atoms with van der Waals surface area (Å²) < 4.78 is 85.8. The van der Waals surface area contributed by atoms with Gasteiger partial charge in [0.15, 0.2) is 0 Å². The standard InChI is InChI=1S/C9H16F4O5SSi/c1-4-20(5-2,6-3)18-7(14)8(10,11)9(12,13)19(15,16)17/h4-6H2,1-3H3,(H,15,16,17). The van der Waals surface area contributed by atoms with E-state index in [-0.39, 0.29) is 18.1 Å². The minimum absolute atomic E-state index is 0.221. The molecule has 0 saturated carbocycles. The van der Waals surface area contributed by atoms with Gasteiger partial charge in [-0.3, -0.25) is 4.55 Å². The van der Waals surface area contributed by atoms with Crippen molar-refractivity contribution in [2.24, 2.45) is 0 Å². The van der Waals surface area contributed by atoms with E-state index < -0.39 is 35.6 Å². The van der Waals surface area contributed by atoms with Gasteiger partial charge in [-0.25, -0.2) is 4.79 Å². The summed E-state index contributed by atoms with van der Waals surface area (Å²) in [5.41, 5.74) is 0. The van der Waals surface area contributed by atoms with Crippen LogP contribution in [0.15, 0.2) is 0 Å². The molecule has 0 saturated heterocycles. The molecule has 0 aromatic heterocycles. The fourth-order valence-corrected chi connectivity index (χ4v) is 4.37. The monoisotopic (exact) mass is 340 g/mol. The highest BCUT2D eigenvalue weighted by atomic mass is 32.2. The molecule has 0 unspecified atom stereocenters. The van der Waals surface area contributed by atoms with Crippen molar-refractivity contribution in [1.82, 2.24) is 0 Å². The molecule has 0 bridgehead atoms. The van der Waals surface area contributed by atoms with Crippen molar-refractivity contribution in [2.75, 3.05) is 0 Å². The third-order valence-electron chi connectivity index (χ3n) is 3.19. The highest BCUT2D eigenvalue weighted by molar-refractivity contribution is 7.87. The molecule has 0 radical (unpaired) electrons. The first-order valence-corrected chi connectivity index (χ1v) is 9.74. The van der Waals surface area contributed by atoms with E-state index in [2.05, 4.69) is 4.43 Å². The summed E-state index contributed by atoms with van der Waals surface area (Å²) in [6.45, 7) is 4.68. The number of hydrogen-bond donors (Lipinski definition) is 1. The van der Waals surface area contributed by atoms with Crippen LogP contribution in [0.4, 0.5) is 17.6 Å². The maximum Gasteiger partial charge on any atom is 0.443 e. The van der Waals surface area contributed by atoms with Crippen LogP contribution in [-0.2, 0) is 19.3 Å². The van der Waals surface area contributed by atoms with Crippen molar-refractivity contribution >= 4 is 24.4 Å². The minimum atomic E-state index is -6.45. The SMILES string of the molecule is CC[Si](CC)(CC)OC(=O)C(F)(F)C(F)(F)S(=O)(=O)O. The molecule has 0 aliphatic rings. The Kier molecular flexibility index (Phi) is 5.77. The number of carbonyl (C=O) groups excluding carboxylic acids is 1. The predicted molar refractivity (Wildman–Crippen MR) is 64.7 cm³/mol. The fourth-order valence-electron chi connectivity index (χ4n) is 1.51. The Morgan fingerprint density at radius 2 is 1.45 bits per heavy atom. The molecule has 5 nitrogen and oxygen atoms in total. The summed E-state index contributed by atoms with van der Waals surface area (Å²) in [6.07, 6.45) is 0. The Morgan fingerprint density at radius 3 is 1.70 bits per heavy atom. The second kappa shape index (κ2) is 5.98. The Balaban J connectivity index is 5.50. The van der Waals surface area contributed by atoms with Crippen LogP contribution in [0.5, 0.6) is 0 Å². The van der Waals surface area contributed by atoms with E-state index in [0.29, 0.717) is 0 Å². The molecule has 0 fully saturated rings. The number of halogens is 4. The van der Waals surface area contributed by atoms with Gasteiger partial charge in [-0.1, -0.05) is 20.8 Å². The zero-order valence-corrected chi connectivity index (χ0v) is 12.9. The molecule has 0 aromatic carbocycles. The van der Waals surface area contributed by atoms with Gasteiger partial charge in [0.25, 0.3) is 8.32 Å². The van der Waals surface area contributed by atoms with Crippen LogP contribution in [0, 0.1) is 0 Å². The van der Waals surface area contributed by atoms with Gasteiger partial charge in [0.2, 0.25) is 0 Å². The second-order valence-electron chi connectivity index (χ2n) is 4.20. The largest absolute Gasteiger partial charge is 0.515 e. The second-order valence-corrected chi connectivity index (χ2v) is 10.4. The first-order valence-electron chi connectivity index (χ1n) is 5.77. The summed E-state index contributed by atoms with van der Waals surface area (Å²) in [7, 11) is -9.42. The topological polar surface area (TPSA) is 80.7 Å². The molecule has 0 rings (SSSR count). The highest BCUT2D eigenvalue weighted by Gasteiger charge is 2.71. The molecule has 120 valence electrons. The van der Waals surface area contributed by atoms with E-state index in [1.54, 1.807) is 20.8 Å². The van der Waals surface area contributed by atoms with Crippen molar-refractivity contribution in [1.29, 1.82) is 0 Å². The van der Waals surface area contributed by atoms with Crippen LogP contribution in [0.3, 0.4) is 0 Å². The van der Waals surface area contributed by atoms with Crippen molar-refractivity contribution in [3.8, 4) is 0 Å². The minimum Gasteiger partial charge on any atom is -0.515 e. The maximum atomic E-state index is 13.3. The lowest BCUT2D eigenvalue weighted by Gasteiger charge is -2.31. The van der Waals surface area contributed by atoms with Gasteiger partial charge < -0.3 is 4.43 Å². The van der Waals surface area contributed by atoms with E-state index in [4.69, 9.17) is 4.55 Å². The fraction of sp³-hybridized carbons (Fsp3) is 0.889. The van der Waals surface area contributed by atoms with Crippen molar-refractivity contribution in [3.05, 3.63) is 0 Å². The number of carbonyl (C=O) groups is 1. The average Bonchev–Trinajstić information content (AvgIpc) is 2.34. The Hall–Kier alpha value is -0.683. The highest BCUT2D eigenvalue weighted by Crippen LogP contribution is 2.40. The maximum absolute atomic E-state index is 13.3. The molecular formula is C9H16F4O5SSi. The van der Waals surface area contributed by atoms with E-state index in [0.717, 1.165) is 0 Å². The first-order chi connectivity index (χ1) is 8.81. The van der Waals surface area contributed by atoms with Crippen LogP contribution in [0.25, 0.3) is 0 Å². The molecule has 0 atom stereocenters. The van der Waals surface area contributed by atoms with Crippen LogP contribution >= 0.6 is 0 Å². The van der Waals surface area contributed by atoms with Gasteiger partial charge in [-0.15, -0.1) is 0 Å². The lowest BCUT2D eigenvalue weighted by atomic mass is 10.3. The third kappa shape index (κ3) is 3.31. The average molecular weight is 340 g/mol. The molecule has 11 heteroatoms. The zero-order valence-electron chi connectivity index (χ0n) is 11.1. The van der Waals surface area contributed by atoms with E-state index in [1.165, 1.54) is 0 Å². The normalized spacial score (nSPS) is 14.2. The molecule has 0 aliphatic heterocycles. The predicted octanol–water partition coefficient (Wildman–Crippen LogP) is 2.65. The lowest BCUT2D eigenvalue weighted by molar-refractivity contribution is -0.197. The van der Waals surface area contributed by atoms with Crippen LogP contribution in [0.2, 0.25) is 18.1 Å². The van der Waals surface area contributed by atoms with Gasteiger partial charge in [0.1, 0.15) is 0 Å². The summed E-state index contributed by atoms with van der Waals surface area (Å²) in [5, 5.41) is -5.94. The van der Waals surface area contributed by atoms with Crippen molar-refractivity contribution in [3.63, 3.8) is 0 Å². The lowest BCUT2D eigenvalue weighted by Crippen LogP contribution is -2.55. The number of hydrogen-bond acceptors (Lipinski definition) is 4. The Morgan fingerprint density at radius 1 is 1.10 bits per heavy atom. The Labute approximate surface area is 115 Å². The number of rotatable bonds is 7. The van der Waals surface area contributed by atoms with Gasteiger partial charge in [-0.2, -0.15) is 26.0 Å². The van der Waals surface area contributed by atoms with E-state index in [1.807, 2.05) is 0 Å². The summed E-state index contributed by atoms with van der Waals surface area (Å²) >= 11 is 0. The first kappa shape index (κ1) is 19.3. The summed E-state index contributed by atoms with van der Waals surface area (Å²) in [4.78, 5) is 11.3. The van der Waals surface area contributed by atoms with Crippen molar-refractivity contribution < 1.29 is 39.8 Å². The molecule has 0 amide bonds. The molecule has 0 aliphatic carbocycles. The van der Waals surface area contributed by atoms with Gasteiger partial charge in [0, 0.05) is 0 Å². The quantitative estimate of drug-likeness (QED) is 0.438. The molecule has 0 heterocycles. The van der Waals surface area contributed by atoms with Crippen LogP contribution < -0.4 is 0 Å². The molecule has 1 N–H and O–H groups in total. The Bertz CT molecular complexity index is 453. The van der Waals surface area contributed by atoms with E-state index in [9.17, 15) is 30.8 Å². The molecular weight excluding hydrogens is 324 g/mol. The third-order valence-corrected chi connectivity index (χ3v) is 8.58. The smallest absolute Gasteiger partial charge is 0.443 e. The zero-order chi connectivity index (χ0) is 16.4. The van der Waals surface area contributed by atoms with E-state index >= 15 is 0 Å². The molecule has 0 aromatic rings. The molecule has 0 spiro atoms. The number of alkyl halides is 4. The van der Waals surface area contributed by atoms with Gasteiger partial charge in [-0.05, 0) is 18.1 Å². The summed E-state index contributed by atoms with van der Waals surface area (Å²) in [5.74, 6) is -8.28.